The fraction of sp³-hybridized carbons (Fsp3) is 0.615. The molecule has 1 saturated heterocycles. The van der Waals surface area contributed by atoms with Gasteiger partial charge < -0.3 is 15.8 Å². The summed E-state index contributed by atoms with van der Waals surface area (Å²) >= 11 is 1.72. The van der Waals surface area contributed by atoms with E-state index in [2.05, 4.69) is 16.8 Å². The van der Waals surface area contributed by atoms with Gasteiger partial charge in [-0.05, 0) is 31.2 Å². The van der Waals surface area contributed by atoms with Gasteiger partial charge in [0.25, 0.3) is 0 Å². The monoisotopic (exact) mass is 268 g/mol. The Morgan fingerprint density at radius 2 is 2.50 bits per heavy atom. The van der Waals surface area contributed by atoms with Crippen LogP contribution < -0.4 is 11.1 Å². The second-order valence-corrected chi connectivity index (χ2v) is 5.79. The Hall–Kier alpha value is -0.910. The molecule has 18 heavy (non-hydrogen) atoms. The number of thiophene rings is 1. The van der Waals surface area contributed by atoms with Crippen LogP contribution in [0, 0.1) is 0 Å². The van der Waals surface area contributed by atoms with Crippen molar-refractivity contribution in [2.45, 2.75) is 44.4 Å². The van der Waals surface area contributed by atoms with Crippen molar-refractivity contribution in [1.82, 2.24) is 5.32 Å². The van der Waals surface area contributed by atoms with Gasteiger partial charge in [-0.1, -0.05) is 6.07 Å². The van der Waals surface area contributed by atoms with Crippen LogP contribution in [-0.4, -0.2) is 30.7 Å². The summed E-state index contributed by atoms with van der Waals surface area (Å²) in [7, 11) is 0. The van der Waals surface area contributed by atoms with E-state index in [1.807, 2.05) is 13.0 Å². The Kier molecular flexibility index (Phi) is 4.74. The Labute approximate surface area is 112 Å². The van der Waals surface area contributed by atoms with Crippen molar-refractivity contribution in [3.05, 3.63) is 22.4 Å². The Bertz CT molecular complexity index is 380. The summed E-state index contributed by atoms with van der Waals surface area (Å²) in [4.78, 5) is 13.3. The fourth-order valence-electron chi connectivity index (χ4n) is 2.19. The molecule has 3 atom stereocenters. The second-order valence-electron chi connectivity index (χ2n) is 4.75. The van der Waals surface area contributed by atoms with Crippen LogP contribution in [0.3, 0.4) is 0 Å². The molecule has 1 aliphatic heterocycles. The summed E-state index contributed by atoms with van der Waals surface area (Å²) in [5, 5.41) is 5.06. The van der Waals surface area contributed by atoms with E-state index in [1.165, 1.54) is 4.88 Å². The van der Waals surface area contributed by atoms with Gasteiger partial charge in [0, 0.05) is 23.9 Å². The molecule has 5 heteroatoms. The average molecular weight is 268 g/mol. The van der Waals surface area contributed by atoms with Crippen molar-refractivity contribution in [1.29, 1.82) is 0 Å². The van der Waals surface area contributed by atoms with E-state index in [0.29, 0.717) is 6.54 Å². The summed E-state index contributed by atoms with van der Waals surface area (Å²) in [5.74, 6) is -0.00462. The van der Waals surface area contributed by atoms with Gasteiger partial charge >= 0.3 is 0 Å². The zero-order valence-electron chi connectivity index (χ0n) is 10.6. The molecule has 0 bridgehead atoms. The van der Waals surface area contributed by atoms with Crippen LogP contribution >= 0.6 is 11.3 Å². The van der Waals surface area contributed by atoms with Gasteiger partial charge in [0.05, 0.1) is 6.10 Å². The van der Waals surface area contributed by atoms with Crippen LogP contribution in [0.25, 0.3) is 0 Å². The largest absolute Gasteiger partial charge is 0.364 e. The molecular weight excluding hydrogens is 248 g/mol. The number of amides is 1. The van der Waals surface area contributed by atoms with Crippen LogP contribution in [0.1, 0.15) is 24.6 Å². The van der Waals surface area contributed by atoms with E-state index in [4.69, 9.17) is 10.5 Å². The third-order valence-corrected chi connectivity index (χ3v) is 4.04. The molecule has 1 unspecified atom stereocenters. The van der Waals surface area contributed by atoms with Crippen molar-refractivity contribution < 1.29 is 9.53 Å². The van der Waals surface area contributed by atoms with E-state index in [1.54, 1.807) is 11.3 Å². The Morgan fingerprint density at radius 3 is 3.11 bits per heavy atom. The first-order valence-electron chi connectivity index (χ1n) is 6.37. The minimum atomic E-state index is -0.315. The third kappa shape index (κ3) is 3.54. The maximum atomic E-state index is 12.0. The Morgan fingerprint density at radius 1 is 1.67 bits per heavy atom. The molecule has 0 radical (unpaired) electrons. The van der Waals surface area contributed by atoms with Gasteiger partial charge in [-0.15, -0.1) is 11.3 Å². The molecule has 1 aromatic rings. The van der Waals surface area contributed by atoms with E-state index < -0.39 is 0 Å². The predicted molar refractivity (Wildman–Crippen MR) is 72.6 cm³/mol. The minimum Gasteiger partial charge on any atom is -0.364 e. The number of carbonyl (C=O) groups excluding carboxylic acids is 1. The Balaban J connectivity index is 1.77. The lowest BCUT2D eigenvalue weighted by molar-refractivity contribution is -0.132. The fourth-order valence-corrected chi connectivity index (χ4v) is 3.02. The molecule has 1 amide bonds. The highest BCUT2D eigenvalue weighted by Gasteiger charge is 2.30. The average Bonchev–Trinajstić information content (AvgIpc) is 2.98. The van der Waals surface area contributed by atoms with Gasteiger partial charge in [0.15, 0.2) is 0 Å². The first-order valence-corrected chi connectivity index (χ1v) is 7.25. The number of hydrogen-bond donors (Lipinski definition) is 2. The molecule has 1 fully saturated rings. The van der Waals surface area contributed by atoms with Crippen LogP contribution in [0.5, 0.6) is 0 Å². The summed E-state index contributed by atoms with van der Waals surface area (Å²) in [5.41, 5.74) is 5.53. The van der Waals surface area contributed by atoms with Gasteiger partial charge in [-0.3, -0.25) is 4.79 Å². The number of nitrogens with one attached hydrogen (secondary N) is 1. The van der Waals surface area contributed by atoms with Crippen LogP contribution in [-0.2, 0) is 16.0 Å². The highest BCUT2D eigenvalue weighted by Crippen LogP contribution is 2.19. The van der Waals surface area contributed by atoms with E-state index in [9.17, 15) is 4.79 Å². The summed E-state index contributed by atoms with van der Waals surface area (Å²) < 4.78 is 5.57. The number of rotatable bonds is 5. The molecule has 100 valence electrons. The van der Waals surface area contributed by atoms with Crippen LogP contribution in [0.4, 0.5) is 0 Å². The SMILES string of the molecule is CC(Cc1cccs1)NC(=O)[C@@H]1CC[C@H](CN)O1. The van der Waals surface area contributed by atoms with Crippen molar-refractivity contribution in [3.63, 3.8) is 0 Å². The smallest absolute Gasteiger partial charge is 0.249 e. The number of nitrogens with two attached hydrogens (primary N) is 1. The van der Waals surface area contributed by atoms with Gasteiger partial charge in [0.1, 0.15) is 6.10 Å². The van der Waals surface area contributed by atoms with Gasteiger partial charge in [-0.2, -0.15) is 0 Å². The lowest BCUT2D eigenvalue weighted by atomic mass is 10.1. The first kappa shape index (κ1) is 13.5. The van der Waals surface area contributed by atoms with Crippen molar-refractivity contribution in [2.75, 3.05) is 6.54 Å². The van der Waals surface area contributed by atoms with Crippen molar-refractivity contribution >= 4 is 17.2 Å². The lowest BCUT2D eigenvalue weighted by Crippen LogP contribution is -2.41. The number of carbonyl (C=O) groups is 1. The van der Waals surface area contributed by atoms with E-state index in [0.717, 1.165) is 19.3 Å². The molecule has 3 N–H and O–H groups in total. The normalized spacial score (nSPS) is 25.0. The maximum absolute atomic E-state index is 12.0. The number of hydrogen-bond acceptors (Lipinski definition) is 4. The molecular formula is C13H20N2O2S. The molecule has 2 rings (SSSR count). The van der Waals surface area contributed by atoms with Gasteiger partial charge in [0.2, 0.25) is 5.91 Å². The third-order valence-electron chi connectivity index (χ3n) is 3.14. The highest BCUT2D eigenvalue weighted by atomic mass is 32.1. The zero-order chi connectivity index (χ0) is 13.0. The summed E-state index contributed by atoms with van der Waals surface area (Å²) in [6.07, 6.45) is 2.27. The molecule has 0 aromatic carbocycles. The molecule has 0 spiro atoms. The number of ether oxygens (including phenoxy) is 1. The summed E-state index contributed by atoms with van der Waals surface area (Å²) in [6, 6.07) is 4.25. The standard InChI is InChI=1S/C13H20N2O2S/c1-9(7-11-3-2-6-18-11)15-13(16)12-5-4-10(8-14)17-12/h2-3,6,9-10,12H,4-5,7-8,14H2,1H3,(H,15,16)/t9?,10-,12+/m1/s1. The maximum Gasteiger partial charge on any atom is 0.249 e. The van der Waals surface area contributed by atoms with Crippen molar-refractivity contribution in [2.24, 2.45) is 5.73 Å². The topological polar surface area (TPSA) is 64.4 Å². The van der Waals surface area contributed by atoms with Crippen LogP contribution in [0.15, 0.2) is 17.5 Å². The second kappa shape index (κ2) is 6.31. The predicted octanol–water partition coefficient (Wildman–Crippen LogP) is 1.30. The zero-order valence-corrected chi connectivity index (χ0v) is 11.4. The molecule has 1 aromatic heterocycles. The van der Waals surface area contributed by atoms with E-state index in [-0.39, 0.29) is 24.2 Å². The quantitative estimate of drug-likeness (QED) is 0.846. The lowest BCUT2D eigenvalue weighted by Gasteiger charge is -2.17. The highest BCUT2D eigenvalue weighted by molar-refractivity contribution is 7.09. The minimum absolute atomic E-state index is 0.00462. The molecule has 0 saturated carbocycles. The summed E-state index contributed by atoms with van der Waals surface area (Å²) in [6.45, 7) is 2.52. The molecule has 4 nitrogen and oxygen atoms in total. The van der Waals surface area contributed by atoms with Gasteiger partial charge in [-0.25, -0.2) is 0 Å². The molecule has 2 heterocycles. The van der Waals surface area contributed by atoms with Crippen LogP contribution in [0.2, 0.25) is 0 Å². The molecule has 1 aliphatic rings. The van der Waals surface area contributed by atoms with Crippen molar-refractivity contribution in [3.8, 4) is 0 Å². The molecule has 0 aliphatic carbocycles. The van der Waals surface area contributed by atoms with E-state index >= 15 is 0 Å². The first-order chi connectivity index (χ1) is 8.69.